The lowest BCUT2D eigenvalue weighted by Gasteiger charge is -2.24. The molecule has 174 valence electrons. The number of rotatable bonds is 7. The third kappa shape index (κ3) is 8.33. The Morgan fingerprint density at radius 1 is 1.19 bits per heavy atom. The molecular weight excluding hydrogens is 460 g/mol. The summed E-state index contributed by atoms with van der Waals surface area (Å²) in [6.45, 7) is 3.79. The molecule has 1 unspecified atom stereocenters. The second-order valence-electron chi connectivity index (χ2n) is 7.95. The van der Waals surface area contributed by atoms with Crippen LogP contribution in [0.15, 0.2) is 18.2 Å². The number of carbonyl (C=O) groups excluding carboxylic acids is 4. The van der Waals surface area contributed by atoms with Crippen LogP contribution in [0.3, 0.4) is 0 Å². The third-order valence-corrected chi connectivity index (χ3v) is 5.14. The van der Waals surface area contributed by atoms with Crippen LogP contribution in [0.5, 0.6) is 0 Å². The van der Waals surface area contributed by atoms with E-state index in [4.69, 9.17) is 32.5 Å². The lowest BCUT2D eigenvalue weighted by molar-refractivity contribution is -0.139. The maximum Gasteiger partial charge on any atom is 0.622 e. The van der Waals surface area contributed by atoms with E-state index in [2.05, 4.69) is 10.6 Å². The molecule has 1 fully saturated rings. The van der Waals surface area contributed by atoms with Gasteiger partial charge in [0.1, 0.15) is 0 Å². The van der Waals surface area contributed by atoms with Gasteiger partial charge in [0.2, 0.25) is 5.91 Å². The highest BCUT2D eigenvalue weighted by molar-refractivity contribution is 6.51. The third-order valence-electron chi connectivity index (χ3n) is 4.57. The Morgan fingerprint density at radius 2 is 1.88 bits per heavy atom. The molecule has 1 atom stereocenters. The first-order chi connectivity index (χ1) is 15.0. The quantitative estimate of drug-likeness (QED) is 0.565. The van der Waals surface area contributed by atoms with Crippen molar-refractivity contribution in [2.75, 3.05) is 26.7 Å². The van der Waals surface area contributed by atoms with Crippen LogP contribution in [0.2, 0.25) is 10.0 Å². The van der Waals surface area contributed by atoms with E-state index in [1.807, 2.05) is 13.8 Å². The van der Waals surface area contributed by atoms with Crippen LogP contribution in [0.25, 0.3) is 0 Å². The van der Waals surface area contributed by atoms with Crippen molar-refractivity contribution >= 4 is 54.1 Å². The van der Waals surface area contributed by atoms with Gasteiger partial charge >= 0.3 is 13.1 Å². The molecule has 2 N–H and O–H groups in total. The smallest absolute Gasteiger partial charge is 0.498 e. The van der Waals surface area contributed by atoms with Crippen molar-refractivity contribution in [3.05, 3.63) is 33.8 Å². The maximum absolute atomic E-state index is 12.5. The number of benzene rings is 1. The van der Waals surface area contributed by atoms with Gasteiger partial charge in [0.15, 0.2) is 0 Å². The molecule has 0 bridgehead atoms. The molecule has 2 amide bonds. The lowest BCUT2D eigenvalue weighted by atomic mass is 9.73. The zero-order valence-corrected chi connectivity index (χ0v) is 19.7. The summed E-state index contributed by atoms with van der Waals surface area (Å²) < 4.78 is 10.7. The molecule has 0 aromatic heterocycles. The van der Waals surface area contributed by atoms with Gasteiger partial charge in [-0.3, -0.25) is 24.1 Å². The van der Waals surface area contributed by atoms with Crippen LogP contribution in [-0.4, -0.2) is 68.4 Å². The van der Waals surface area contributed by atoms with E-state index >= 15 is 0 Å². The fourth-order valence-electron chi connectivity index (χ4n) is 3.06. The van der Waals surface area contributed by atoms with Crippen molar-refractivity contribution in [1.82, 2.24) is 15.5 Å². The van der Waals surface area contributed by atoms with Gasteiger partial charge in [-0.25, -0.2) is 0 Å². The summed E-state index contributed by atoms with van der Waals surface area (Å²) in [7, 11) is 0.419. The molecule has 12 heteroatoms. The number of amides is 2. The van der Waals surface area contributed by atoms with Gasteiger partial charge in [0.05, 0.1) is 36.0 Å². The molecule has 0 saturated carbocycles. The summed E-state index contributed by atoms with van der Waals surface area (Å²) in [6.07, 6.45) is 0.462. The number of nitrogens with zero attached hydrogens (tertiary/aromatic N) is 1. The van der Waals surface area contributed by atoms with Crippen LogP contribution < -0.4 is 10.6 Å². The molecule has 2 rings (SSSR count). The minimum Gasteiger partial charge on any atom is -0.498 e. The summed E-state index contributed by atoms with van der Waals surface area (Å²) in [5, 5.41) is 5.68. The molecule has 1 aliphatic rings. The van der Waals surface area contributed by atoms with Crippen LogP contribution in [0.1, 0.15) is 37.0 Å². The summed E-state index contributed by atoms with van der Waals surface area (Å²) in [4.78, 5) is 50.8. The molecular formula is C20H26BCl2N3O6. The average molecular weight is 486 g/mol. The number of nitrogens with one attached hydrogen (secondary N) is 2. The first-order valence-corrected chi connectivity index (χ1v) is 10.9. The molecule has 9 nitrogen and oxygen atoms in total. The molecule has 1 aliphatic heterocycles. The van der Waals surface area contributed by atoms with E-state index in [-0.39, 0.29) is 36.0 Å². The van der Waals surface area contributed by atoms with E-state index in [0.717, 1.165) is 0 Å². The van der Waals surface area contributed by atoms with Crippen molar-refractivity contribution in [3.8, 4) is 0 Å². The minimum atomic E-state index is -1.27. The molecule has 1 heterocycles. The van der Waals surface area contributed by atoms with E-state index in [1.54, 1.807) is 18.0 Å². The van der Waals surface area contributed by atoms with Crippen LogP contribution in [0, 0.1) is 5.92 Å². The van der Waals surface area contributed by atoms with Gasteiger partial charge in [-0.15, -0.1) is 0 Å². The fraction of sp³-hybridized carbons (Fsp3) is 0.500. The normalized spacial score (nSPS) is 16.4. The monoisotopic (exact) mass is 485 g/mol. The largest absolute Gasteiger partial charge is 0.622 e. The van der Waals surface area contributed by atoms with Crippen LogP contribution in [-0.2, 0) is 23.7 Å². The summed E-state index contributed by atoms with van der Waals surface area (Å²) in [6, 6.07) is 4.42. The van der Waals surface area contributed by atoms with Crippen molar-refractivity contribution in [1.29, 1.82) is 0 Å². The van der Waals surface area contributed by atoms with E-state index in [9.17, 15) is 19.2 Å². The molecule has 0 radical (unpaired) electrons. The van der Waals surface area contributed by atoms with Crippen molar-refractivity contribution in [3.63, 3.8) is 0 Å². The van der Waals surface area contributed by atoms with Gasteiger partial charge in [-0.2, -0.15) is 0 Å². The summed E-state index contributed by atoms with van der Waals surface area (Å²) >= 11 is 11.9. The standard InChI is InChI=1S/C20H26BCl2N3O6/c1-12(2)8-16(21-31-18(28)6-7-26(3)11-19(29)32-21)25-17(27)10-24-20(30)14-9-13(22)4-5-15(14)23/h4-5,9,12,16H,6-8,10-11H2,1-3H3,(H,24,30)(H,25,27). The number of hydrogen-bond donors (Lipinski definition) is 2. The van der Waals surface area contributed by atoms with Gasteiger partial charge < -0.3 is 19.9 Å². The van der Waals surface area contributed by atoms with E-state index in [1.165, 1.54) is 12.1 Å². The Labute approximate surface area is 197 Å². The highest BCUT2D eigenvalue weighted by Crippen LogP contribution is 2.20. The van der Waals surface area contributed by atoms with Crippen molar-refractivity contribution in [2.24, 2.45) is 5.92 Å². The zero-order valence-electron chi connectivity index (χ0n) is 18.2. The summed E-state index contributed by atoms with van der Waals surface area (Å²) in [5.41, 5.74) is 0.133. The Bertz CT molecular complexity index is 870. The zero-order chi connectivity index (χ0) is 23.8. The lowest BCUT2D eigenvalue weighted by Crippen LogP contribution is -2.53. The average Bonchev–Trinajstić information content (AvgIpc) is 2.76. The minimum absolute atomic E-state index is 0.00800. The molecule has 1 aromatic rings. The predicted octanol–water partition coefficient (Wildman–Crippen LogP) is 1.70. The molecule has 1 aromatic carbocycles. The predicted molar refractivity (Wildman–Crippen MR) is 120 cm³/mol. The molecule has 32 heavy (non-hydrogen) atoms. The number of halogens is 2. The first kappa shape index (κ1) is 26.0. The summed E-state index contributed by atoms with van der Waals surface area (Å²) in [5.74, 6) is -2.93. The van der Waals surface area contributed by atoms with E-state index in [0.29, 0.717) is 18.0 Å². The first-order valence-electron chi connectivity index (χ1n) is 10.1. The SMILES string of the molecule is CC(C)CC(NC(=O)CNC(=O)c1cc(Cl)ccc1Cl)B1OC(=O)CCN(C)CC(=O)O1. The molecule has 0 aliphatic carbocycles. The Hall–Kier alpha value is -2.30. The Morgan fingerprint density at radius 3 is 2.56 bits per heavy atom. The van der Waals surface area contributed by atoms with Crippen molar-refractivity contribution < 1.29 is 28.5 Å². The highest BCUT2D eigenvalue weighted by atomic mass is 35.5. The van der Waals surface area contributed by atoms with Gasteiger partial charge in [-0.05, 0) is 37.6 Å². The highest BCUT2D eigenvalue weighted by Gasteiger charge is 2.40. The Balaban J connectivity index is 2.05. The van der Waals surface area contributed by atoms with E-state index < -0.39 is 36.8 Å². The fourth-order valence-corrected chi connectivity index (χ4v) is 3.43. The molecule has 1 saturated heterocycles. The second kappa shape index (κ2) is 12.1. The molecule has 0 spiro atoms. The van der Waals surface area contributed by atoms with Gasteiger partial charge in [-0.1, -0.05) is 37.0 Å². The Kier molecular flexibility index (Phi) is 9.80. The van der Waals surface area contributed by atoms with Crippen LogP contribution >= 0.6 is 23.2 Å². The van der Waals surface area contributed by atoms with Gasteiger partial charge in [0, 0.05) is 11.6 Å². The van der Waals surface area contributed by atoms with Crippen molar-refractivity contribution in [2.45, 2.75) is 32.6 Å². The van der Waals surface area contributed by atoms with Crippen LogP contribution in [0.4, 0.5) is 0 Å². The maximum atomic E-state index is 12.5. The number of hydrogen-bond acceptors (Lipinski definition) is 7. The topological polar surface area (TPSA) is 114 Å². The second-order valence-corrected chi connectivity index (χ2v) is 8.79. The number of carbonyl (C=O) groups is 4. The van der Waals surface area contributed by atoms with Gasteiger partial charge in [0.25, 0.3) is 11.9 Å². The number of likely N-dealkylation sites (N-methyl/N-ethyl adjacent to an activating group) is 1.